The standard InChI is InChI=1S/C30H33BINO7/c1-3-17(11-18-12-23(32)28(35)25(13-18)39-2)9-10-24-26-19(16-34)14-21-27(22(26)15-31(38)40-24)30(37)33(29(21)36)20-7-5-4-6-8-20/h4-8,11-13,21-22,24,27,34-35,38H,3,9-10,14-16H2,1-2H3/b17-11+/t21-,22+,24-,27-/m1/s1. The topological polar surface area (TPSA) is 117 Å². The van der Waals surface area contributed by atoms with Crippen LogP contribution < -0.4 is 9.64 Å². The zero-order valence-electron chi connectivity index (χ0n) is 22.5. The highest BCUT2D eigenvalue weighted by atomic mass is 127. The molecule has 2 aliphatic heterocycles. The summed E-state index contributed by atoms with van der Waals surface area (Å²) in [5, 5.41) is 31.3. The van der Waals surface area contributed by atoms with Gasteiger partial charge in [0.05, 0.1) is 40.9 Å². The van der Waals surface area contributed by atoms with E-state index in [0.717, 1.165) is 28.7 Å². The van der Waals surface area contributed by atoms with Gasteiger partial charge in [0.15, 0.2) is 11.5 Å². The SMILES string of the molecule is CC/C(=C\c1cc(I)c(O)c(OC)c1)CC[C@H]1OB(O)C[C@H]2C1=C(CO)C[C@H]1C(=O)N(c3ccccc3)C(=O)[C@H]12. The number of phenols is 1. The maximum absolute atomic E-state index is 13.7. The van der Waals surface area contributed by atoms with Gasteiger partial charge in [-0.2, -0.15) is 0 Å². The van der Waals surface area contributed by atoms with Gasteiger partial charge in [0.25, 0.3) is 0 Å². The molecule has 1 aliphatic carbocycles. The first-order chi connectivity index (χ1) is 19.3. The average Bonchev–Trinajstić information content (AvgIpc) is 3.21. The van der Waals surface area contributed by atoms with Crippen LogP contribution >= 0.6 is 22.6 Å². The quantitative estimate of drug-likeness (QED) is 0.165. The number of aromatic hydroxyl groups is 1. The van der Waals surface area contributed by atoms with E-state index in [1.807, 2.05) is 12.1 Å². The summed E-state index contributed by atoms with van der Waals surface area (Å²) in [6, 6.07) is 12.6. The summed E-state index contributed by atoms with van der Waals surface area (Å²) in [4.78, 5) is 28.4. The molecule has 3 aliphatic rings. The molecule has 10 heteroatoms. The second-order valence-corrected chi connectivity index (χ2v) is 11.7. The van der Waals surface area contributed by atoms with Crippen molar-refractivity contribution in [1.29, 1.82) is 0 Å². The van der Waals surface area contributed by atoms with Gasteiger partial charge in [-0.3, -0.25) is 14.5 Å². The van der Waals surface area contributed by atoms with Crippen molar-refractivity contribution >= 4 is 53.3 Å². The molecule has 2 saturated heterocycles. The molecule has 2 aromatic rings. The Morgan fingerprint density at radius 1 is 1.20 bits per heavy atom. The second kappa shape index (κ2) is 12.1. The number of rotatable bonds is 8. The van der Waals surface area contributed by atoms with Crippen LogP contribution in [0.25, 0.3) is 6.08 Å². The molecular weight excluding hydrogens is 624 g/mol. The van der Waals surface area contributed by atoms with Crippen molar-refractivity contribution < 1.29 is 34.2 Å². The van der Waals surface area contributed by atoms with E-state index < -0.39 is 25.1 Å². The van der Waals surface area contributed by atoms with Crippen LogP contribution in [0.5, 0.6) is 11.5 Å². The molecule has 2 aromatic carbocycles. The largest absolute Gasteiger partial charge is 0.504 e. The third kappa shape index (κ3) is 5.34. The molecule has 0 saturated carbocycles. The van der Waals surface area contributed by atoms with E-state index in [1.165, 1.54) is 12.0 Å². The minimum absolute atomic E-state index is 0.110. The van der Waals surface area contributed by atoms with Crippen LogP contribution in [-0.2, 0) is 14.2 Å². The number of hydrogen-bond donors (Lipinski definition) is 3. The first kappa shape index (κ1) is 28.8. The van der Waals surface area contributed by atoms with Crippen molar-refractivity contribution in [3.05, 3.63) is 68.3 Å². The van der Waals surface area contributed by atoms with Gasteiger partial charge >= 0.3 is 7.12 Å². The molecule has 2 heterocycles. The molecule has 0 spiro atoms. The number of aliphatic hydroxyl groups excluding tert-OH is 1. The third-order valence-corrected chi connectivity index (χ3v) is 9.16. The van der Waals surface area contributed by atoms with E-state index in [4.69, 9.17) is 9.39 Å². The van der Waals surface area contributed by atoms with E-state index in [2.05, 4.69) is 35.6 Å². The van der Waals surface area contributed by atoms with Crippen molar-refractivity contribution in [3.8, 4) is 11.5 Å². The highest BCUT2D eigenvalue weighted by Gasteiger charge is 2.57. The average molecular weight is 657 g/mol. The van der Waals surface area contributed by atoms with E-state index >= 15 is 0 Å². The van der Waals surface area contributed by atoms with Gasteiger partial charge in [-0.15, -0.1) is 0 Å². The number of nitrogens with zero attached hydrogens (tertiary/aromatic N) is 1. The summed E-state index contributed by atoms with van der Waals surface area (Å²) in [6.07, 6.45) is 4.11. The van der Waals surface area contributed by atoms with Crippen molar-refractivity contribution in [2.75, 3.05) is 18.6 Å². The van der Waals surface area contributed by atoms with Gasteiger partial charge in [0.2, 0.25) is 11.8 Å². The lowest BCUT2D eigenvalue weighted by Crippen LogP contribution is -2.46. The Bertz CT molecular complexity index is 1360. The van der Waals surface area contributed by atoms with Crippen LogP contribution in [0.15, 0.2) is 59.2 Å². The number of carbonyl (C=O) groups excluding carboxylic acids is 2. The van der Waals surface area contributed by atoms with Gasteiger partial charge in [-0.1, -0.05) is 36.8 Å². The van der Waals surface area contributed by atoms with E-state index in [9.17, 15) is 24.8 Å². The zero-order chi connectivity index (χ0) is 28.6. The van der Waals surface area contributed by atoms with Gasteiger partial charge in [-0.25, -0.2) is 0 Å². The minimum Gasteiger partial charge on any atom is -0.504 e. The van der Waals surface area contributed by atoms with Crippen LogP contribution in [0.3, 0.4) is 0 Å². The molecule has 0 bridgehead atoms. The maximum Gasteiger partial charge on any atom is 0.455 e. The van der Waals surface area contributed by atoms with Gasteiger partial charge in [0, 0.05) is 0 Å². The zero-order valence-corrected chi connectivity index (χ0v) is 24.7. The number of methoxy groups -OCH3 is 1. The Morgan fingerprint density at radius 2 is 1.95 bits per heavy atom. The second-order valence-electron chi connectivity index (χ2n) is 10.6. The molecule has 0 unspecified atom stereocenters. The van der Waals surface area contributed by atoms with Crippen LogP contribution in [0, 0.1) is 21.3 Å². The number of carbonyl (C=O) groups is 2. The molecule has 4 atom stereocenters. The van der Waals surface area contributed by atoms with Gasteiger partial charge < -0.3 is 24.6 Å². The molecule has 210 valence electrons. The number of imide groups is 1. The number of anilines is 1. The predicted octanol–water partition coefficient (Wildman–Crippen LogP) is 4.57. The number of aliphatic hydroxyl groups is 1. The highest BCUT2D eigenvalue weighted by molar-refractivity contribution is 14.1. The van der Waals surface area contributed by atoms with E-state index in [0.29, 0.717) is 34.3 Å². The molecule has 8 nitrogen and oxygen atoms in total. The number of allylic oxidation sites excluding steroid dienone is 1. The fourth-order valence-electron chi connectivity index (χ4n) is 6.48. The number of halogens is 1. The molecule has 5 rings (SSSR count). The maximum atomic E-state index is 13.7. The minimum atomic E-state index is -1.07. The predicted molar refractivity (Wildman–Crippen MR) is 161 cm³/mol. The van der Waals surface area contributed by atoms with Crippen LogP contribution in [-0.4, -0.2) is 54.0 Å². The number of amides is 2. The van der Waals surface area contributed by atoms with E-state index in [-0.39, 0.29) is 36.4 Å². The smallest absolute Gasteiger partial charge is 0.455 e. The van der Waals surface area contributed by atoms with Crippen molar-refractivity contribution in [2.24, 2.45) is 17.8 Å². The Kier molecular flexibility index (Phi) is 8.70. The number of ether oxygens (including phenoxy) is 1. The fraction of sp³-hybridized carbons (Fsp3) is 0.400. The lowest BCUT2D eigenvalue weighted by Gasteiger charge is -2.43. The summed E-state index contributed by atoms with van der Waals surface area (Å²) in [6.45, 7) is 1.85. The Balaban J connectivity index is 1.41. The monoisotopic (exact) mass is 657 g/mol. The molecule has 2 fully saturated rings. The van der Waals surface area contributed by atoms with E-state index in [1.54, 1.807) is 30.3 Å². The third-order valence-electron chi connectivity index (χ3n) is 8.34. The Morgan fingerprint density at radius 3 is 2.62 bits per heavy atom. The Hall–Kier alpha value is -2.67. The highest BCUT2D eigenvalue weighted by Crippen LogP contribution is 2.51. The summed E-state index contributed by atoms with van der Waals surface area (Å²) in [5.74, 6) is -1.52. The van der Waals surface area contributed by atoms with Crippen molar-refractivity contribution in [2.45, 2.75) is 45.0 Å². The number of hydrogen-bond acceptors (Lipinski definition) is 7. The van der Waals surface area contributed by atoms with Gasteiger partial charge in [0.1, 0.15) is 0 Å². The molecular formula is C30H33BINO7. The lowest BCUT2D eigenvalue weighted by atomic mass is 9.58. The van der Waals surface area contributed by atoms with Crippen LogP contribution in [0.1, 0.15) is 38.2 Å². The first-order valence-corrected chi connectivity index (χ1v) is 14.7. The summed E-state index contributed by atoms with van der Waals surface area (Å²) >= 11 is 2.07. The number of benzene rings is 2. The van der Waals surface area contributed by atoms with Crippen molar-refractivity contribution in [3.63, 3.8) is 0 Å². The summed E-state index contributed by atoms with van der Waals surface area (Å²) < 4.78 is 12.0. The normalized spacial score (nSPS) is 24.9. The molecule has 40 heavy (non-hydrogen) atoms. The summed E-state index contributed by atoms with van der Waals surface area (Å²) in [5.41, 5.74) is 4.19. The number of fused-ring (bicyclic) bond motifs is 3. The molecule has 3 N–H and O–H groups in total. The van der Waals surface area contributed by atoms with Crippen LogP contribution in [0.4, 0.5) is 5.69 Å². The van der Waals surface area contributed by atoms with Crippen LogP contribution in [0.2, 0.25) is 6.32 Å². The number of para-hydroxylation sites is 1. The molecule has 0 aromatic heterocycles. The first-order valence-electron chi connectivity index (χ1n) is 13.6. The Labute approximate surface area is 248 Å². The van der Waals surface area contributed by atoms with Gasteiger partial charge in [-0.05, 0) is 101 Å². The van der Waals surface area contributed by atoms with Crippen molar-refractivity contribution in [1.82, 2.24) is 0 Å². The molecule has 0 radical (unpaired) electrons. The number of phenolic OH excluding ortho intramolecular Hbond substituents is 1. The fourth-order valence-corrected chi connectivity index (χ4v) is 7.10. The summed E-state index contributed by atoms with van der Waals surface area (Å²) in [7, 11) is 0.452. The lowest BCUT2D eigenvalue weighted by molar-refractivity contribution is -0.122. The molecule has 2 amide bonds.